The highest BCUT2D eigenvalue weighted by atomic mass is 35.5. The molecule has 1 amide bonds. The average Bonchev–Trinajstić information content (AvgIpc) is 2.38. The molecule has 6 nitrogen and oxygen atoms in total. The number of amides is 1. The molecule has 0 aliphatic carbocycles. The van der Waals surface area contributed by atoms with E-state index in [1.165, 1.54) is 23.1 Å². The van der Waals surface area contributed by atoms with Crippen molar-refractivity contribution in [3.8, 4) is 5.75 Å². The van der Waals surface area contributed by atoms with Crippen LogP contribution in [0.4, 0.5) is 0 Å². The Balaban J connectivity index is 2.83. The Labute approximate surface area is 116 Å². The van der Waals surface area contributed by atoms with Crippen LogP contribution in [0.1, 0.15) is 23.7 Å². The number of phenols is 1. The average molecular weight is 286 g/mol. The zero-order chi connectivity index (χ0) is 14.4. The molecule has 1 aromatic rings. The first kappa shape index (κ1) is 15.1. The zero-order valence-corrected chi connectivity index (χ0v) is 11.3. The van der Waals surface area contributed by atoms with Gasteiger partial charge < -0.3 is 20.9 Å². The molecule has 1 aromatic carbocycles. The molecule has 0 aromatic heterocycles. The van der Waals surface area contributed by atoms with Crippen LogP contribution in [0.5, 0.6) is 5.75 Å². The third kappa shape index (κ3) is 4.03. The molecule has 0 aliphatic heterocycles. The summed E-state index contributed by atoms with van der Waals surface area (Å²) in [5.41, 5.74) is 5.53. The Morgan fingerprint density at radius 2 is 2.21 bits per heavy atom. The molecule has 0 fully saturated rings. The van der Waals surface area contributed by atoms with Crippen LogP contribution in [-0.2, 0) is 0 Å². The lowest BCUT2D eigenvalue weighted by Crippen LogP contribution is -2.34. The van der Waals surface area contributed by atoms with Crippen LogP contribution in [-0.4, -0.2) is 40.0 Å². The summed E-state index contributed by atoms with van der Waals surface area (Å²) in [7, 11) is 0. The van der Waals surface area contributed by atoms with Gasteiger partial charge in [-0.2, -0.15) is 0 Å². The molecule has 0 atom stereocenters. The molecule has 19 heavy (non-hydrogen) atoms. The van der Waals surface area contributed by atoms with Gasteiger partial charge in [0, 0.05) is 24.5 Å². The fourth-order valence-corrected chi connectivity index (χ4v) is 1.73. The number of nitrogens with two attached hydrogens (primary N) is 1. The van der Waals surface area contributed by atoms with Gasteiger partial charge in [-0.15, -0.1) is 0 Å². The van der Waals surface area contributed by atoms with E-state index in [0.29, 0.717) is 18.1 Å². The van der Waals surface area contributed by atoms with E-state index >= 15 is 0 Å². The largest absolute Gasteiger partial charge is 0.507 e. The number of amidine groups is 1. The van der Waals surface area contributed by atoms with Gasteiger partial charge in [0.15, 0.2) is 0 Å². The second-order valence-corrected chi connectivity index (χ2v) is 4.32. The number of hydrogen-bond acceptors (Lipinski definition) is 4. The van der Waals surface area contributed by atoms with Crippen LogP contribution in [0.15, 0.2) is 23.4 Å². The molecule has 0 unspecified atom stereocenters. The molecular weight excluding hydrogens is 270 g/mol. The van der Waals surface area contributed by atoms with Gasteiger partial charge in [0.25, 0.3) is 5.91 Å². The van der Waals surface area contributed by atoms with E-state index in [9.17, 15) is 9.90 Å². The van der Waals surface area contributed by atoms with Crippen LogP contribution >= 0.6 is 11.6 Å². The van der Waals surface area contributed by atoms with Crippen molar-refractivity contribution in [1.29, 1.82) is 0 Å². The van der Waals surface area contributed by atoms with E-state index < -0.39 is 0 Å². The third-order valence-electron chi connectivity index (χ3n) is 2.63. The molecule has 0 saturated carbocycles. The minimum absolute atomic E-state index is 0.0478. The van der Waals surface area contributed by atoms with Gasteiger partial charge in [0.05, 0.1) is 5.56 Å². The lowest BCUT2D eigenvalue weighted by atomic mass is 10.1. The van der Waals surface area contributed by atoms with Gasteiger partial charge in [-0.1, -0.05) is 16.8 Å². The van der Waals surface area contributed by atoms with Gasteiger partial charge in [-0.3, -0.25) is 4.79 Å². The van der Waals surface area contributed by atoms with Gasteiger partial charge in [-0.05, 0) is 25.1 Å². The van der Waals surface area contributed by atoms with Crippen LogP contribution in [0, 0.1) is 0 Å². The molecule has 0 bridgehead atoms. The first-order valence-electron chi connectivity index (χ1n) is 5.73. The van der Waals surface area contributed by atoms with E-state index in [0.717, 1.165) is 0 Å². The Bertz CT molecular complexity index is 491. The van der Waals surface area contributed by atoms with Gasteiger partial charge >= 0.3 is 0 Å². The highest BCUT2D eigenvalue weighted by molar-refractivity contribution is 6.30. The van der Waals surface area contributed by atoms with E-state index in [-0.39, 0.29) is 29.5 Å². The lowest BCUT2D eigenvalue weighted by molar-refractivity contribution is 0.0765. The summed E-state index contributed by atoms with van der Waals surface area (Å²) in [5.74, 6) is -0.450. The Hall–Kier alpha value is -1.95. The zero-order valence-electron chi connectivity index (χ0n) is 10.5. The topological polar surface area (TPSA) is 99.1 Å². The van der Waals surface area contributed by atoms with Crippen LogP contribution in [0.25, 0.3) is 0 Å². The van der Waals surface area contributed by atoms with Crippen molar-refractivity contribution in [2.24, 2.45) is 10.9 Å². The fraction of sp³-hybridized carbons (Fsp3) is 0.333. The van der Waals surface area contributed by atoms with E-state index in [2.05, 4.69) is 5.16 Å². The molecule has 0 aliphatic rings. The van der Waals surface area contributed by atoms with Crippen molar-refractivity contribution in [2.45, 2.75) is 13.3 Å². The van der Waals surface area contributed by atoms with Crippen LogP contribution in [0.2, 0.25) is 5.02 Å². The summed E-state index contributed by atoms with van der Waals surface area (Å²) in [6.45, 7) is 2.55. The summed E-state index contributed by atoms with van der Waals surface area (Å²) >= 11 is 5.71. The number of carbonyl (C=O) groups is 1. The number of rotatable bonds is 5. The maximum absolute atomic E-state index is 12.2. The van der Waals surface area contributed by atoms with E-state index in [4.69, 9.17) is 22.5 Å². The number of carbonyl (C=O) groups excluding carboxylic acids is 1. The van der Waals surface area contributed by atoms with Crippen molar-refractivity contribution < 1.29 is 15.1 Å². The molecule has 0 heterocycles. The fourth-order valence-electron chi connectivity index (χ4n) is 1.56. The molecule has 0 radical (unpaired) electrons. The minimum Gasteiger partial charge on any atom is -0.507 e. The molecule has 104 valence electrons. The summed E-state index contributed by atoms with van der Waals surface area (Å²) in [4.78, 5) is 13.7. The monoisotopic (exact) mass is 285 g/mol. The van der Waals surface area contributed by atoms with Gasteiger partial charge in [-0.25, -0.2) is 0 Å². The van der Waals surface area contributed by atoms with E-state index in [1.807, 2.05) is 0 Å². The van der Waals surface area contributed by atoms with E-state index in [1.54, 1.807) is 6.92 Å². The molecule has 7 heteroatoms. The first-order valence-corrected chi connectivity index (χ1v) is 6.11. The number of hydrogen-bond donors (Lipinski definition) is 3. The number of oxime groups is 1. The number of benzene rings is 1. The SMILES string of the molecule is CCN(CC/C(N)=N/O)C(=O)c1ccc(Cl)cc1O. The number of aromatic hydroxyl groups is 1. The second kappa shape index (κ2) is 6.84. The molecule has 0 saturated heterocycles. The number of phenolic OH excluding ortho intramolecular Hbond substituents is 1. The Morgan fingerprint density at radius 1 is 1.53 bits per heavy atom. The minimum atomic E-state index is -0.331. The maximum Gasteiger partial charge on any atom is 0.257 e. The second-order valence-electron chi connectivity index (χ2n) is 3.89. The smallest absolute Gasteiger partial charge is 0.257 e. The van der Waals surface area contributed by atoms with Crippen LogP contribution in [0.3, 0.4) is 0 Å². The summed E-state index contributed by atoms with van der Waals surface area (Å²) < 4.78 is 0. The van der Waals surface area contributed by atoms with Crippen molar-refractivity contribution >= 4 is 23.3 Å². The predicted octanol–water partition coefficient (Wildman–Crippen LogP) is 1.64. The van der Waals surface area contributed by atoms with Gasteiger partial charge in [0.1, 0.15) is 11.6 Å². The number of halogens is 1. The number of nitrogens with zero attached hydrogens (tertiary/aromatic N) is 2. The molecule has 1 rings (SSSR count). The Morgan fingerprint density at radius 3 is 2.74 bits per heavy atom. The standard InChI is InChI=1S/C12H16ClN3O3/c1-2-16(6-5-11(14)15-19)12(18)9-4-3-8(13)7-10(9)17/h3-4,7,17,19H,2,5-6H2,1H3,(H2,14,15). The quantitative estimate of drug-likeness (QED) is 0.331. The molecule has 0 spiro atoms. The van der Waals surface area contributed by atoms with Crippen molar-refractivity contribution in [2.75, 3.05) is 13.1 Å². The first-order chi connectivity index (χ1) is 8.99. The maximum atomic E-state index is 12.2. The van der Waals surface area contributed by atoms with Crippen LogP contribution < -0.4 is 5.73 Å². The Kier molecular flexibility index (Phi) is 5.44. The third-order valence-corrected chi connectivity index (χ3v) is 2.86. The highest BCUT2D eigenvalue weighted by Crippen LogP contribution is 2.23. The predicted molar refractivity (Wildman–Crippen MR) is 72.7 cm³/mol. The normalized spacial score (nSPS) is 11.4. The van der Waals surface area contributed by atoms with Crippen molar-refractivity contribution in [3.05, 3.63) is 28.8 Å². The highest BCUT2D eigenvalue weighted by Gasteiger charge is 2.18. The van der Waals surface area contributed by atoms with Crippen molar-refractivity contribution in [1.82, 2.24) is 4.90 Å². The molecule has 4 N–H and O–H groups in total. The summed E-state index contributed by atoms with van der Waals surface area (Å²) in [5, 5.41) is 21.4. The van der Waals surface area contributed by atoms with Gasteiger partial charge in [0.2, 0.25) is 0 Å². The van der Waals surface area contributed by atoms with Crippen molar-refractivity contribution in [3.63, 3.8) is 0 Å². The summed E-state index contributed by atoms with van der Waals surface area (Å²) in [6, 6.07) is 4.31. The summed E-state index contributed by atoms with van der Waals surface area (Å²) in [6.07, 6.45) is 0.254. The molecular formula is C12H16ClN3O3. The lowest BCUT2D eigenvalue weighted by Gasteiger charge is -2.21.